The summed E-state index contributed by atoms with van der Waals surface area (Å²) in [4.78, 5) is 48.8. The number of aryl methyl sites for hydroxylation is 4. The second-order valence-corrected chi connectivity index (χ2v) is 18.7. The van der Waals surface area contributed by atoms with E-state index >= 15 is 0 Å². The number of piperazine rings is 1. The number of benzene rings is 4. The molecule has 4 aromatic heterocycles. The van der Waals surface area contributed by atoms with Crippen molar-refractivity contribution in [1.82, 2.24) is 34.8 Å². The molecule has 4 N–H and O–H groups in total. The molecule has 0 aliphatic carbocycles. The molecule has 10 rings (SSSR count). The highest BCUT2D eigenvalue weighted by Crippen LogP contribution is 2.33. The first-order chi connectivity index (χ1) is 32.7. The van der Waals surface area contributed by atoms with Crippen molar-refractivity contribution >= 4 is 72.7 Å². The summed E-state index contributed by atoms with van der Waals surface area (Å²) in [5, 5.41) is 1.93. The zero-order valence-corrected chi connectivity index (χ0v) is 38.6. The number of anilines is 4. The minimum atomic E-state index is -0.233. The Morgan fingerprint density at radius 1 is 0.582 bits per heavy atom. The maximum absolute atomic E-state index is 13.2. The van der Waals surface area contributed by atoms with Crippen LogP contribution >= 0.6 is 22.7 Å². The number of carbonyl (C=O) groups is 1. The van der Waals surface area contributed by atoms with Gasteiger partial charge in [-0.1, -0.05) is 95.5 Å². The summed E-state index contributed by atoms with van der Waals surface area (Å²) in [7, 11) is 0. The van der Waals surface area contributed by atoms with Gasteiger partial charge in [-0.25, -0.2) is 28.7 Å². The molecule has 2 aliphatic rings. The Morgan fingerprint density at radius 3 is 1.57 bits per heavy atom. The van der Waals surface area contributed by atoms with Crippen molar-refractivity contribution in [2.75, 3.05) is 73.7 Å². The van der Waals surface area contributed by atoms with Gasteiger partial charge in [0.15, 0.2) is 27.1 Å². The average molecular weight is 940 g/mol. The number of nitrogen functional groups attached to an aromatic ring is 2. The van der Waals surface area contributed by atoms with Gasteiger partial charge in [-0.2, -0.15) is 9.97 Å². The largest absolute Gasteiger partial charge is 0.492 e. The number of thiazole rings is 2. The number of piperidine rings is 1. The molecule has 6 heterocycles. The molecule has 2 fully saturated rings. The minimum absolute atomic E-state index is 0.0139. The quantitative estimate of drug-likeness (QED) is 0.0999. The summed E-state index contributed by atoms with van der Waals surface area (Å²) in [6.45, 7) is 6.52. The van der Waals surface area contributed by atoms with Crippen molar-refractivity contribution in [3.63, 3.8) is 0 Å². The van der Waals surface area contributed by atoms with E-state index in [-0.39, 0.29) is 35.2 Å². The molecule has 8 aromatic rings. The van der Waals surface area contributed by atoms with E-state index in [4.69, 9.17) is 26.2 Å². The van der Waals surface area contributed by atoms with Crippen LogP contribution in [0.4, 0.5) is 32.3 Å². The molecule has 0 radical (unpaired) electrons. The van der Waals surface area contributed by atoms with Crippen molar-refractivity contribution in [2.45, 2.75) is 38.5 Å². The van der Waals surface area contributed by atoms with Crippen molar-refractivity contribution < 1.29 is 18.3 Å². The van der Waals surface area contributed by atoms with Crippen LogP contribution in [0.25, 0.3) is 20.7 Å². The lowest BCUT2D eigenvalue weighted by molar-refractivity contribution is 0.0900. The summed E-state index contributed by atoms with van der Waals surface area (Å²) in [5.41, 5.74) is 16.5. The van der Waals surface area contributed by atoms with Gasteiger partial charge in [0, 0.05) is 70.1 Å². The van der Waals surface area contributed by atoms with Crippen LogP contribution in [0.3, 0.4) is 0 Å². The lowest BCUT2D eigenvalue weighted by Gasteiger charge is -2.35. The maximum atomic E-state index is 13.2. The minimum Gasteiger partial charge on any atom is -0.492 e. The first-order valence-corrected chi connectivity index (χ1v) is 24.2. The molecule has 0 bridgehead atoms. The van der Waals surface area contributed by atoms with Gasteiger partial charge in [0.1, 0.15) is 35.0 Å². The molecule has 13 nitrogen and oxygen atoms in total. The fourth-order valence-electron chi connectivity index (χ4n) is 8.38. The van der Waals surface area contributed by atoms with Crippen LogP contribution in [-0.4, -0.2) is 93.0 Å². The van der Waals surface area contributed by atoms with Gasteiger partial charge in [0.2, 0.25) is 11.9 Å². The van der Waals surface area contributed by atoms with E-state index in [1.807, 2.05) is 72.8 Å². The highest BCUT2D eigenvalue weighted by atomic mass is 32.1. The Balaban J connectivity index is 0.000000168. The van der Waals surface area contributed by atoms with Crippen LogP contribution in [0, 0.1) is 17.6 Å². The predicted octanol–water partition coefficient (Wildman–Crippen LogP) is 8.49. The lowest BCUT2D eigenvalue weighted by Crippen LogP contribution is -2.47. The zero-order valence-electron chi connectivity index (χ0n) is 36.9. The average Bonchev–Trinajstić information content (AvgIpc) is 3.97. The van der Waals surface area contributed by atoms with Gasteiger partial charge in [0.25, 0.3) is 0 Å². The number of hydrogen-bond acceptors (Lipinski definition) is 15. The first kappa shape index (κ1) is 45.5. The van der Waals surface area contributed by atoms with Gasteiger partial charge < -0.3 is 26.0 Å². The number of Topliss-reactive ketones (excluding diaryl/α,β-unsaturated/α-hetero) is 1. The molecular formula is C50H51F2N11O2S2. The van der Waals surface area contributed by atoms with Crippen LogP contribution in [0.5, 0.6) is 5.75 Å². The number of hydrogen-bond donors (Lipinski definition) is 2. The van der Waals surface area contributed by atoms with Gasteiger partial charge in [-0.3, -0.25) is 9.69 Å². The number of nitrogens with zero attached hydrogens (tertiary/aromatic N) is 9. The molecule has 2 saturated heterocycles. The fraction of sp³-hybridized carbons (Fsp3) is 0.300. The summed E-state index contributed by atoms with van der Waals surface area (Å²) >= 11 is 3.07. The van der Waals surface area contributed by atoms with Gasteiger partial charge in [-0.15, -0.1) is 0 Å². The molecular weight excluding hydrogens is 889 g/mol. The number of ketones is 1. The van der Waals surface area contributed by atoms with E-state index in [0.717, 1.165) is 149 Å². The first-order valence-electron chi connectivity index (χ1n) is 22.5. The normalized spacial score (nSPS) is 14.6. The summed E-state index contributed by atoms with van der Waals surface area (Å²) in [6.07, 6.45) is 4.59. The predicted molar refractivity (Wildman–Crippen MR) is 263 cm³/mol. The number of ether oxygens (including phenoxy) is 1. The van der Waals surface area contributed by atoms with Gasteiger partial charge in [0.05, 0.1) is 10.0 Å². The Hall–Kier alpha value is -6.69. The van der Waals surface area contributed by atoms with Crippen LogP contribution < -0.4 is 26.0 Å². The SMILES string of the molecule is Nc1nc(N2CCC(C(=O)c3ccccc3)CC2)c2nc(CCc3ccc(F)cc3)sc2n1.Nc1nc(N2CCN(CCOc3ccccc3)CC2)c2nc(CCc3ccc(F)cc3)sc2n1. The molecule has 0 amide bonds. The topological polar surface area (TPSA) is 165 Å². The maximum Gasteiger partial charge on any atom is 0.223 e. The summed E-state index contributed by atoms with van der Waals surface area (Å²) in [6, 6.07) is 32.6. The Kier molecular flexibility index (Phi) is 14.5. The van der Waals surface area contributed by atoms with E-state index in [0.29, 0.717) is 6.61 Å². The highest BCUT2D eigenvalue weighted by molar-refractivity contribution is 7.18. The molecule has 17 heteroatoms. The third-order valence-corrected chi connectivity index (χ3v) is 14.0. The van der Waals surface area contributed by atoms with E-state index in [9.17, 15) is 13.6 Å². The monoisotopic (exact) mass is 939 g/mol. The Morgan fingerprint density at radius 2 is 1.06 bits per heavy atom. The standard InChI is InChI=1S/C25H27FN6OS.C25H24FN5OS/c26-19-9-6-18(7-10-19)8-11-21-28-22-23(29-25(27)30-24(22)34-21)32-14-12-31(13-15-32)16-17-33-20-4-2-1-3-5-20;26-19-9-6-16(7-10-19)8-11-20-28-21-23(29-25(27)30-24(21)33-20)31-14-12-18(13-15-31)22(32)17-4-2-1-3-5-17/h1-7,9-10H,8,11-17H2,(H2,27,29,30);1-7,9-10,18H,8,11-15H2,(H2,27,29,30). The zero-order chi connectivity index (χ0) is 46.1. The number of carbonyl (C=O) groups excluding carboxylic acids is 1. The van der Waals surface area contributed by atoms with Gasteiger partial charge in [-0.05, 0) is 73.2 Å². The highest BCUT2D eigenvalue weighted by Gasteiger charge is 2.29. The Bertz CT molecular complexity index is 2890. The Labute approximate surface area is 395 Å². The second-order valence-electron chi connectivity index (χ2n) is 16.6. The van der Waals surface area contributed by atoms with E-state index in [2.05, 4.69) is 34.6 Å². The van der Waals surface area contributed by atoms with E-state index in [1.165, 1.54) is 35.6 Å². The van der Waals surface area contributed by atoms with Crippen molar-refractivity contribution in [2.24, 2.45) is 5.92 Å². The number of aromatic nitrogens is 6. The van der Waals surface area contributed by atoms with E-state index in [1.54, 1.807) is 23.5 Å². The third kappa shape index (κ3) is 11.6. The summed E-state index contributed by atoms with van der Waals surface area (Å²) in [5.74, 6) is 2.73. The number of halogens is 2. The molecule has 0 atom stereocenters. The molecule has 0 saturated carbocycles. The number of fused-ring (bicyclic) bond motifs is 2. The van der Waals surface area contributed by atoms with E-state index < -0.39 is 0 Å². The van der Waals surface area contributed by atoms with Crippen LogP contribution in [-0.2, 0) is 25.7 Å². The third-order valence-electron chi connectivity index (χ3n) is 12.0. The molecule has 2 aliphatic heterocycles. The molecule has 0 unspecified atom stereocenters. The lowest BCUT2D eigenvalue weighted by atomic mass is 9.89. The number of nitrogens with two attached hydrogens (primary N) is 2. The second kappa shape index (κ2) is 21.3. The fourth-order valence-corrected chi connectivity index (χ4v) is 10.3. The number of rotatable bonds is 14. The van der Waals surface area contributed by atoms with Crippen LogP contribution in [0.1, 0.15) is 44.3 Å². The van der Waals surface area contributed by atoms with Crippen LogP contribution in [0.15, 0.2) is 109 Å². The smallest absolute Gasteiger partial charge is 0.223 e. The molecule has 344 valence electrons. The summed E-state index contributed by atoms with van der Waals surface area (Å²) < 4.78 is 32.1. The van der Waals surface area contributed by atoms with Crippen molar-refractivity contribution in [3.05, 3.63) is 148 Å². The molecule has 67 heavy (non-hydrogen) atoms. The molecule has 0 spiro atoms. The molecule has 4 aromatic carbocycles. The van der Waals surface area contributed by atoms with Gasteiger partial charge >= 0.3 is 0 Å². The number of para-hydroxylation sites is 1. The van der Waals surface area contributed by atoms with Crippen molar-refractivity contribution in [1.29, 1.82) is 0 Å². The van der Waals surface area contributed by atoms with Crippen LogP contribution in [0.2, 0.25) is 0 Å². The van der Waals surface area contributed by atoms with Crippen molar-refractivity contribution in [3.8, 4) is 5.75 Å².